The van der Waals surface area contributed by atoms with Gasteiger partial charge in [-0.1, -0.05) is 19.9 Å². The van der Waals surface area contributed by atoms with Crippen LogP contribution in [0.2, 0.25) is 0 Å². The molecule has 0 saturated carbocycles. The Kier molecular flexibility index (Phi) is 3.74. The summed E-state index contributed by atoms with van der Waals surface area (Å²) in [5, 5.41) is 4.19. The number of hydrogen-bond acceptors (Lipinski definition) is 2. The minimum Gasteiger partial charge on any atom is -0.398 e. The van der Waals surface area contributed by atoms with Gasteiger partial charge in [-0.15, -0.1) is 0 Å². The first kappa shape index (κ1) is 14.4. The van der Waals surface area contributed by atoms with Crippen LogP contribution in [0.4, 0.5) is 18.9 Å². The van der Waals surface area contributed by atoms with Gasteiger partial charge in [0.2, 0.25) is 0 Å². The van der Waals surface area contributed by atoms with E-state index in [-0.39, 0.29) is 5.69 Å². The molecule has 3 nitrogen and oxygen atoms in total. The summed E-state index contributed by atoms with van der Waals surface area (Å²) in [5.41, 5.74) is 5.79. The van der Waals surface area contributed by atoms with Gasteiger partial charge in [-0.05, 0) is 23.6 Å². The molecule has 0 radical (unpaired) electrons. The molecule has 0 saturated heterocycles. The van der Waals surface area contributed by atoms with Gasteiger partial charge < -0.3 is 5.73 Å². The van der Waals surface area contributed by atoms with Crippen molar-refractivity contribution in [2.45, 2.75) is 26.6 Å². The number of benzene rings is 1. The van der Waals surface area contributed by atoms with Crippen molar-refractivity contribution in [3.8, 4) is 11.1 Å². The molecule has 1 heterocycles. The average Bonchev–Trinajstić information content (AvgIpc) is 2.74. The van der Waals surface area contributed by atoms with Crippen molar-refractivity contribution >= 4 is 5.69 Å². The van der Waals surface area contributed by atoms with Gasteiger partial charge in [0.05, 0.1) is 11.8 Å². The normalized spacial score (nSPS) is 12.1. The quantitative estimate of drug-likeness (QED) is 0.870. The molecule has 108 valence electrons. The van der Waals surface area contributed by atoms with Crippen LogP contribution in [-0.2, 0) is 12.7 Å². The van der Waals surface area contributed by atoms with Crippen molar-refractivity contribution < 1.29 is 13.2 Å². The van der Waals surface area contributed by atoms with Crippen molar-refractivity contribution in [3.63, 3.8) is 0 Å². The lowest BCUT2D eigenvalue weighted by Gasteiger charge is -2.10. The first-order chi connectivity index (χ1) is 9.27. The number of nitrogen functional groups attached to an aromatic ring is 1. The van der Waals surface area contributed by atoms with E-state index in [1.165, 1.54) is 12.1 Å². The molecule has 2 aromatic rings. The predicted octanol–water partition coefficient (Wildman–Crippen LogP) is 3.81. The summed E-state index contributed by atoms with van der Waals surface area (Å²) in [4.78, 5) is 0. The molecule has 1 aromatic heterocycles. The zero-order valence-corrected chi connectivity index (χ0v) is 11.3. The number of nitrogens with two attached hydrogens (primary N) is 1. The van der Waals surface area contributed by atoms with Crippen LogP contribution in [-0.4, -0.2) is 9.78 Å². The zero-order valence-electron chi connectivity index (χ0n) is 11.3. The second-order valence-corrected chi connectivity index (χ2v) is 5.14. The Balaban J connectivity index is 2.30. The molecular formula is C14H16F3N3. The van der Waals surface area contributed by atoms with Crippen molar-refractivity contribution in [3.05, 3.63) is 36.2 Å². The molecule has 0 spiro atoms. The SMILES string of the molecule is CC(C)Cn1cc(-c2ccc(C(F)(F)F)c(N)c2)cn1. The van der Waals surface area contributed by atoms with Gasteiger partial charge in [0, 0.05) is 24.0 Å². The maximum atomic E-state index is 12.6. The lowest BCUT2D eigenvalue weighted by molar-refractivity contribution is -0.136. The van der Waals surface area contributed by atoms with E-state index in [0.29, 0.717) is 11.5 Å². The van der Waals surface area contributed by atoms with E-state index in [1.54, 1.807) is 10.9 Å². The lowest BCUT2D eigenvalue weighted by Crippen LogP contribution is -2.08. The third-order valence-corrected chi connectivity index (χ3v) is 2.88. The molecule has 0 atom stereocenters. The Hall–Kier alpha value is -1.98. The molecule has 2 N–H and O–H groups in total. The number of alkyl halides is 3. The zero-order chi connectivity index (χ0) is 14.9. The van der Waals surface area contributed by atoms with E-state index in [0.717, 1.165) is 18.2 Å². The Bertz CT molecular complexity index is 600. The van der Waals surface area contributed by atoms with Gasteiger partial charge in [0.25, 0.3) is 0 Å². The number of rotatable bonds is 3. The molecule has 0 fully saturated rings. The first-order valence-corrected chi connectivity index (χ1v) is 6.27. The smallest absolute Gasteiger partial charge is 0.398 e. The third kappa shape index (κ3) is 3.12. The van der Waals surface area contributed by atoms with E-state index in [9.17, 15) is 13.2 Å². The van der Waals surface area contributed by atoms with Crippen LogP contribution in [0.5, 0.6) is 0 Å². The summed E-state index contributed by atoms with van der Waals surface area (Å²) in [5.74, 6) is 0.445. The summed E-state index contributed by atoms with van der Waals surface area (Å²) in [7, 11) is 0. The van der Waals surface area contributed by atoms with E-state index in [4.69, 9.17) is 5.73 Å². The number of halogens is 3. The van der Waals surface area contributed by atoms with Crippen molar-refractivity contribution in [2.24, 2.45) is 5.92 Å². The lowest BCUT2D eigenvalue weighted by atomic mass is 10.0. The minimum atomic E-state index is -4.43. The maximum absolute atomic E-state index is 12.6. The van der Waals surface area contributed by atoms with Gasteiger partial charge in [0.15, 0.2) is 0 Å². The van der Waals surface area contributed by atoms with Crippen LogP contribution < -0.4 is 5.73 Å². The number of anilines is 1. The van der Waals surface area contributed by atoms with Crippen LogP contribution in [0.25, 0.3) is 11.1 Å². The molecule has 6 heteroatoms. The highest BCUT2D eigenvalue weighted by molar-refractivity contribution is 5.68. The fourth-order valence-electron chi connectivity index (χ4n) is 1.99. The van der Waals surface area contributed by atoms with Crippen LogP contribution in [0.1, 0.15) is 19.4 Å². The Labute approximate surface area is 115 Å². The third-order valence-electron chi connectivity index (χ3n) is 2.88. The van der Waals surface area contributed by atoms with Crippen LogP contribution in [0, 0.1) is 5.92 Å². The number of aromatic nitrogens is 2. The summed E-state index contributed by atoms with van der Waals surface area (Å²) < 4.78 is 39.7. The molecular weight excluding hydrogens is 267 g/mol. The van der Waals surface area contributed by atoms with E-state index in [2.05, 4.69) is 18.9 Å². The van der Waals surface area contributed by atoms with Gasteiger partial charge in [-0.2, -0.15) is 18.3 Å². The summed E-state index contributed by atoms with van der Waals surface area (Å²) in [6.45, 7) is 4.89. The molecule has 1 aromatic carbocycles. The van der Waals surface area contributed by atoms with E-state index < -0.39 is 11.7 Å². The topological polar surface area (TPSA) is 43.8 Å². The molecule has 0 unspecified atom stereocenters. The monoisotopic (exact) mass is 283 g/mol. The van der Waals surface area contributed by atoms with Gasteiger partial charge in [0.1, 0.15) is 0 Å². The van der Waals surface area contributed by atoms with Gasteiger partial charge in [-0.3, -0.25) is 4.68 Å². The van der Waals surface area contributed by atoms with Crippen molar-refractivity contribution in [2.75, 3.05) is 5.73 Å². The highest BCUT2D eigenvalue weighted by Crippen LogP contribution is 2.35. The molecule has 0 bridgehead atoms. The van der Waals surface area contributed by atoms with Crippen LogP contribution >= 0.6 is 0 Å². The minimum absolute atomic E-state index is 0.272. The largest absolute Gasteiger partial charge is 0.418 e. The summed E-state index contributed by atoms with van der Waals surface area (Å²) in [6, 6.07) is 3.75. The fraction of sp³-hybridized carbons (Fsp3) is 0.357. The average molecular weight is 283 g/mol. The number of nitrogens with zero attached hydrogens (tertiary/aromatic N) is 2. The molecule has 0 amide bonds. The van der Waals surface area contributed by atoms with Crippen LogP contribution in [0.15, 0.2) is 30.6 Å². The van der Waals surface area contributed by atoms with E-state index in [1.807, 2.05) is 6.20 Å². The molecule has 20 heavy (non-hydrogen) atoms. The van der Waals surface area contributed by atoms with Crippen molar-refractivity contribution in [1.82, 2.24) is 9.78 Å². The molecule has 0 aliphatic rings. The molecule has 0 aliphatic heterocycles. The maximum Gasteiger partial charge on any atom is 0.418 e. The van der Waals surface area contributed by atoms with Gasteiger partial charge in [-0.25, -0.2) is 0 Å². The van der Waals surface area contributed by atoms with Crippen molar-refractivity contribution in [1.29, 1.82) is 0 Å². The fourth-order valence-corrected chi connectivity index (χ4v) is 1.99. The second kappa shape index (κ2) is 5.19. The highest BCUT2D eigenvalue weighted by atomic mass is 19.4. The molecule has 0 aliphatic carbocycles. The predicted molar refractivity (Wildman–Crippen MR) is 71.9 cm³/mol. The summed E-state index contributed by atoms with van der Waals surface area (Å²) in [6.07, 6.45) is -0.989. The summed E-state index contributed by atoms with van der Waals surface area (Å²) >= 11 is 0. The Morgan fingerprint density at radius 2 is 1.95 bits per heavy atom. The Morgan fingerprint density at radius 3 is 2.50 bits per heavy atom. The number of hydrogen-bond donors (Lipinski definition) is 1. The van der Waals surface area contributed by atoms with Crippen LogP contribution in [0.3, 0.4) is 0 Å². The van der Waals surface area contributed by atoms with E-state index >= 15 is 0 Å². The standard InChI is InChI=1S/C14H16F3N3/c1-9(2)7-20-8-11(6-19-20)10-3-4-12(13(18)5-10)14(15,16)17/h3-6,8-9H,7,18H2,1-2H3. The highest BCUT2D eigenvalue weighted by Gasteiger charge is 2.32. The first-order valence-electron chi connectivity index (χ1n) is 6.27. The second-order valence-electron chi connectivity index (χ2n) is 5.14. The van der Waals surface area contributed by atoms with Gasteiger partial charge >= 0.3 is 6.18 Å². The molecule has 2 rings (SSSR count). The Morgan fingerprint density at radius 1 is 1.25 bits per heavy atom.